The van der Waals surface area contributed by atoms with Crippen molar-refractivity contribution in [2.24, 2.45) is 5.92 Å². The third-order valence-electron chi connectivity index (χ3n) is 7.88. The van der Waals surface area contributed by atoms with Gasteiger partial charge in [0.15, 0.2) is 11.0 Å². The van der Waals surface area contributed by atoms with E-state index in [-0.39, 0.29) is 23.8 Å². The second-order valence-corrected chi connectivity index (χ2v) is 11.8. The number of amides is 2. The number of rotatable bonds is 10. The molecular weight excluding hydrogens is 482 g/mol. The molecule has 0 bridgehead atoms. The molecule has 4 rings (SSSR count). The number of hydrogen-bond acceptors (Lipinski definition) is 5. The second-order valence-electron chi connectivity index (χ2n) is 10.8. The summed E-state index contributed by atoms with van der Waals surface area (Å²) in [6.45, 7) is 6.89. The molecule has 2 aromatic rings. The Morgan fingerprint density at radius 1 is 0.973 bits per heavy atom. The van der Waals surface area contributed by atoms with Gasteiger partial charge in [0.2, 0.25) is 5.91 Å². The van der Waals surface area contributed by atoms with Crippen molar-refractivity contribution in [3.63, 3.8) is 0 Å². The van der Waals surface area contributed by atoms with E-state index in [1.807, 2.05) is 30.3 Å². The number of benzene rings is 1. The molecule has 2 aliphatic carbocycles. The number of hydrogen-bond donors (Lipinski definition) is 1. The van der Waals surface area contributed by atoms with E-state index in [4.69, 9.17) is 0 Å². The molecule has 1 N–H and O–H groups in total. The lowest BCUT2D eigenvalue weighted by Gasteiger charge is -2.41. The van der Waals surface area contributed by atoms with Crippen LogP contribution in [0.3, 0.4) is 0 Å². The number of carbonyl (C=O) groups excluding carboxylic acids is 2. The highest BCUT2D eigenvalue weighted by atomic mass is 32.2. The summed E-state index contributed by atoms with van der Waals surface area (Å²) < 4.78 is 2.06. The van der Waals surface area contributed by atoms with Crippen LogP contribution in [0.2, 0.25) is 0 Å². The lowest BCUT2D eigenvalue weighted by atomic mass is 9.88. The Hall–Kier alpha value is -2.35. The van der Waals surface area contributed by atoms with Crippen molar-refractivity contribution >= 4 is 23.6 Å². The van der Waals surface area contributed by atoms with Crippen molar-refractivity contribution < 1.29 is 9.59 Å². The highest BCUT2D eigenvalue weighted by Gasteiger charge is 2.33. The van der Waals surface area contributed by atoms with Crippen molar-refractivity contribution in [2.75, 3.05) is 5.75 Å². The minimum Gasteiger partial charge on any atom is -0.342 e. The fourth-order valence-electron chi connectivity index (χ4n) is 5.90. The van der Waals surface area contributed by atoms with Gasteiger partial charge in [0.05, 0.1) is 11.8 Å². The first-order valence-corrected chi connectivity index (χ1v) is 15.2. The van der Waals surface area contributed by atoms with Crippen LogP contribution in [0.15, 0.2) is 35.5 Å². The van der Waals surface area contributed by atoms with E-state index in [2.05, 4.69) is 45.8 Å². The number of carbonyl (C=O) groups is 2. The average Bonchev–Trinajstić information content (AvgIpc) is 3.34. The van der Waals surface area contributed by atoms with E-state index in [0.29, 0.717) is 29.9 Å². The Morgan fingerprint density at radius 2 is 1.57 bits per heavy atom. The first-order valence-electron chi connectivity index (χ1n) is 14.2. The molecule has 2 fully saturated rings. The summed E-state index contributed by atoms with van der Waals surface area (Å²) in [6.07, 6.45) is 12.0. The summed E-state index contributed by atoms with van der Waals surface area (Å²) in [4.78, 5) is 28.8. The predicted octanol–water partition coefficient (Wildman–Crippen LogP) is 6.01. The predicted molar refractivity (Wildman–Crippen MR) is 148 cm³/mol. The summed E-state index contributed by atoms with van der Waals surface area (Å²) in [5.41, 5.74) is 0.626. The first-order chi connectivity index (χ1) is 18.0. The van der Waals surface area contributed by atoms with Gasteiger partial charge in [-0.1, -0.05) is 82.3 Å². The lowest BCUT2D eigenvalue weighted by molar-refractivity contribution is -0.135. The van der Waals surface area contributed by atoms with Gasteiger partial charge < -0.3 is 14.8 Å². The number of nitrogens with one attached hydrogen (secondary N) is 1. The minimum absolute atomic E-state index is 0.120. The van der Waals surface area contributed by atoms with Crippen molar-refractivity contribution in [1.29, 1.82) is 0 Å². The summed E-state index contributed by atoms with van der Waals surface area (Å²) in [6, 6.07) is 9.77. The maximum Gasteiger partial charge on any atom is 0.251 e. The fraction of sp³-hybridized carbons (Fsp3) is 0.655. The topological polar surface area (TPSA) is 80.1 Å². The minimum atomic E-state index is -0.272. The molecule has 37 heavy (non-hydrogen) atoms. The van der Waals surface area contributed by atoms with Gasteiger partial charge in [-0.15, -0.1) is 10.2 Å². The molecule has 1 atom stereocenters. The highest BCUT2D eigenvalue weighted by molar-refractivity contribution is 7.99. The van der Waals surface area contributed by atoms with Gasteiger partial charge in [-0.05, 0) is 50.7 Å². The van der Waals surface area contributed by atoms with Gasteiger partial charge in [0, 0.05) is 24.2 Å². The smallest absolute Gasteiger partial charge is 0.251 e. The van der Waals surface area contributed by atoms with Crippen LogP contribution in [0.4, 0.5) is 0 Å². The highest BCUT2D eigenvalue weighted by Crippen LogP contribution is 2.32. The van der Waals surface area contributed by atoms with Gasteiger partial charge in [0.25, 0.3) is 5.91 Å². The average molecular weight is 526 g/mol. The Balaban J connectivity index is 1.47. The first kappa shape index (κ1) is 27.7. The van der Waals surface area contributed by atoms with Gasteiger partial charge >= 0.3 is 0 Å². The van der Waals surface area contributed by atoms with Crippen LogP contribution in [-0.4, -0.2) is 49.3 Å². The Morgan fingerprint density at radius 3 is 2.11 bits per heavy atom. The molecule has 1 heterocycles. The molecule has 2 saturated carbocycles. The third-order valence-corrected chi connectivity index (χ3v) is 8.83. The Labute approximate surface area is 226 Å². The normalized spacial score (nSPS) is 18.1. The van der Waals surface area contributed by atoms with E-state index in [0.717, 1.165) is 36.7 Å². The van der Waals surface area contributed by atoms with Gasteiger partial charge in [0.1, 0.15) is 0 Å². The van der Waals surface area contributed by atoms with Crippen LogP contribution in [0.1, 0.15) is 107 Å². The van der Waals surface area contributed by atoms with Gasteiger partial charge in [-0.3, -0.25) is 9.59 Å². The Kier molecular flexibility index (Phi) is 10.1. The van der Waals surface area contributed by atoms with Gasteiger partial charge in [-0.25, -0.2) is 0 Å². The van der Waals surface area contributed by atoms with E-state index >= 15 is 0 Å². The number of thioether (sulfide) groups is 1. The van der Waals surface area contributed by atoms with Crippen LogP contribution in [0.5, 0.6) is 0 Å². The molecule has 0 spiro atoms. The molecule has 7 nitrogen and oxygen atoms in total. The van der Waals surface area contributed by atoms with E-state index < -0.39 is 0 Å². The zero-order valence-corrected chi connectivity index (χ0v) is 23.5. The summed E-state index contributed by atoms with van der Waals surface area (Å²) in [5.74, 6) is 1.38. The van der Waals surface area contributed by atoms with E-state index in [1.165, 1.54) is 50.3 Å². The summed E-state index contributed by atoms with van der Waals surface area (Å²) in [5, 5.41) is 12.9. The monoisotopic (exact) mass is 525 g/mol. The van der Waals surface area contributed by atoms with Crippen LogP contribution in [0, 0.1) is 5.92 Å². The molecule has 0 unspecified atom stereocenters. The molecule has 8 heteroatoms. The van der Waals surface area contributed by atoms with Crippen LogP contribution in [0.25, 0.3) is 0 Å². The fourth-order valence-corrected chi connectivity index (χ4v) is 6.78. The maximum absolute atomic E-state index is 13.7. The van der Waals surface area contributed by atoms with Crippen molar-refractivity contribution in [3.8, 4) is 0 Å². The standard InChI is InChI=1S/C29H43N5O2S/c1-4-33-27(26(21(2)3)30-28(36)22-14-8-5-9-15-22)31-32-29(33)37-20-25(35)34(23-16-10-6-11-17-23)24-18-12-7-13-19-24/h5,8-9,14-15,21,23-24,26H,4,6-7,10-13,16-20H2,1-3H3,(H,30,36)/t26-/m1/s1. The van der Waals surface area contributed by atoms with Crippen molar-refractivity contribution in [2.45, 2.75) is 115 Å². The molecule has 0 radical (unpaired) electrons. The number of aromatic nitrogens is 3. The number of nitrogens with zero attached hydrogens (tertiary/aromatic N) is 4. The Bertz CT molecular complexity index is 995. The van der Waals surface area contributed by atoms with Gasteiger partial charge in [-0.2, -0.15) is 0 Å². The quantitative estimate of drug-likeness (QED) is 0.384. The second kappa shape index (κ2) is 13.4. The van der Waals surface area contributed by atoms with Crippen molar-refractivity contribution in [1.82, 2.24) is 25.0 Å². The van der Waals surface area contributed by atoms with Crippen LogP contribution < -0.4 is 5.32 Å². The summed E-state index contributed by atoms with van der Waals surface area (Å²) in [7, 11) is 0. The molecule has 202 valence electrons. The molecule has 0 saturated heterocycles. The molecule has 1 aromatic carbocycles. The third kappa shape index (κ3) is 6.95. The summed E-state index contributed by atoms with van der Waals surface area (Å²) >= 11 is 1.49. The van der Waals surface area contributed by atoms with E-state index in [9.17, 15) is 9.59 Å². The zero-order valence-electron chi connectivity index (χ0n) is 22.7. The maximum atomic E-state index is 13.7. The van der Waals surface area contributed by atoms with Crippen LogP contribution in [-0.2, 0) is 11.3 Å². The molecule has 0 aliphatic heterocycles. The lowest BCUT2D eigenvalue weighted by Crippen LogP contribution is -2.49. The van der Waals surface area contributed by atoms with E-state index in [1.54, 1.807) is 0 Å². The SMILES string of the molecule is CCn1c(SCC(=O)N(C2CCCCC2)C2CCCCC2)nnc1[C@H](NC(=O)c1ccccc1)C(C)C. The zero-order chi connectivity index (χ0) is 26.2. The molecular formula is C29H43N5O2S. The molecule has 2 aliphatic rings. The largest absolute Gasteiger partial charge is 0.342 e. The van der Waals surface area contributed by atoms with Crippen molar-refractivity contribution in [3.05, 3.63) is 41.7 Å². The molecule has 2 amide bonds. The molecule has 1 aromatic heterocycles. The van der Waals surface area contributed by atoms with Crippen LogP contribution >= 0.6 is 11.8 Å².